The van der Waals surface area contributed by atoms with E-state index in [0.717, 1.165) is 6.67 Å². The predicted octanol–water partition coefficient (Wildman–Crippen LogP) is 2.70. The molecule has 15 heavy (non-hydrogen) atoms. The molecule has 0 aliphatic carbocycles. The monoisotopic (exact) mass is 209 g/mol. The molecule has 1 heterocycles. The first-order valence-electron chi connectivity index (χ1n) is 5.65. The van der Waals surface area contributed by atoms with Crippen molar-refractivity contribution in [2.45, 2.75) is 47.1 Å². The van der Waals surface area contributed by atoms with Crippen molar-refractivity contribution in [1.82, 2.24) is 4.90 Å². The number of hydrogen-bond donors (Lipinski definition) is 0. The number of rotatable bonds is 0. The fourth-order valence-electron chi connectivity index (χ4n) is 1.55. The van der Waals surface area contributed by atoms with E-state index in [2.05, 4.69) is 70.5 Å². The SMILES string of the molecule is C[N+]1=CC(C(C)(C)C)=CN(C(C)(C)C)C1. The van der Waals surface area contributed by atoms with Crippen LogP contribution in [0.3, 0.4) is 0 Å². The van der Waals surface area contributed by atoms with Crippen molar-refractivity contribution in [3.63, 3.8) is 0 Å². The summed E-state index contributed by atoms with van der Waals surface area (Å²) in [5, 5.41) is 0. The minimum atomic E-state index is 0.193. The standard InChI is InChI=1S/C13H25N2/c1-12(2,3)11-8-14(7)10-15(9-11)13(4,5)6/h8-9H,10H2,1-7H3/q+1. The van der Waals surface area contributed by atoms with Gasteiger partial charge in [0.05, 0.1) is 0 Å². The van der Waals surface area contributed by atoms with E-state index < -0.39 is 0 Å². The summed E-state index contributed by atoms with van der Waals surface area (Å²) in [6.45, 7) is 14.5. The van der Waals surface area contributed by atoms with Crippen LogP contribution in [0.15, 0.2) is 11.8 Å². The van der Waals surface area contributed by atoms with Crippen molar-refractivity contribution in [2.24, 2.45) is 5.41 Å². The van der Waals surface area contributed by atoms with Crippen molar-refractivity contribution in [3.8, 4) is 0 Å². The van der Waals surface area contributed by atoms with Crippen molar-refractivity contribution in [3.05, 3.63) is 11.8 Å². The molecule has 0 bridgehead atoms. The molecule has 2 nitrogen and oxygen atoms in total. The van der Waals surface area contributed by atoms with Gasteiger partial charge in [0.2, 0.25) is 6.67 Å². The van der Waals surface area contributed by atoms with Gasteiger partial charge in [0, 0.05) is 17.3 Å². The number of nitrogens with zero attached hydrogens (tertiary/aromatic N) is 2. The highest BCUT2D eigenvalue weighted by Gasteiger charge is 2.29. The van der Waals surface area contributed by atoms with E-state index in [0.29, 0.717) is 0 Å². The molecule has 0 saturated heterocycles. The quantitative estimate of drug-likeness (QED) is 0.556. The second-order valence-corrected chi connectivity index (χ2v) is 6.50. The highest BCUT2D eigenvalue weighted by atomic mass is 15.3. The minimum Gasteiger partial charge on any atom is -0.318 e. The molecule has 0 aromatic heterocycles. The second kappa shape index (κ2) is 3.66. The van der Waals surface area contributed by atoms with Crippen molar-refractivity contribution in [2.75, 3.05) is 13.7 Å². The Hall–Kier alpha value is -0.790. The van der Waals surface area contributed by atoms with Crippen LogP contribution in [-0.2, 0) is 0 Å². The summed E-state index contributed by atoms with van der Waals surface area (Å²) in [5.74, 6) is 0. The van der Waals surface area contributed by atoms with Crippen LogP contribution in [0, 0.1) is 5.41 Å². The summed E-state index contributed by atoms with van der Waals surface area (Å²) >= 11 is 0. The molecule has 0 aromatic carbocycles. The Labute approximate surface area is 94.3 Å². The molecule has 0 fully saturated rings. The Balaban J connectivity index is 3.02. The summed E-state index contributed by atoms with van der Waals surface area (Å²) < 4.78 is 2.26. The Morgan fingerprint density at radius 2 is 1.67 bits per heavy atom. The van der Waals surface area contributed by atoms with Gasteiger partial charge in [-0.3, -0.25) is 0 Å². The van der Waals surface area contributed by atoms with Crippen LogP contribution in [0.5, 0.6) is 0 Å². The summed E-state index contributed by atoms with van der Waals surface area (Å²) in [7, 11) is 2.14. The first kappa shape index (κ1) is 12.3. The second-order valence-electron chi connectivity index (χ2n) is 6.50. The van der Waals surface area contributed by atoms with E-state index in [1.54, 1.807) is 0 Å². The third-order valence-electron chi connectivity index (χ3n) is 2.76. The van der Waals surface area contributed by atoms with Gasteiger partial charge in [-0.25, -0.2) is 4.58 Å². The zero-order valence-electron chi connectivity index (χ0n) is 11.3. The Kier molecular flexibility index (Phi) is 2.99. The van der Waals surface area contributed by atoms with Gasteiger partial charge in [0.25, 0.3) is 0 Å². The Morgan fingerprint density at radius 1 is 1.13 bits per heavy atom. The normalized spacial score (nSPS) is 18.7. The lowest BCUT2D eigenvalue weighted by Crippen LogP contribution is -2.44. The lowest BCUT2D eigenvalue weighted by Gasteiger charge is -2.36. The molecule has 1 rings (SSSR count). The molecule has 0 unspecified atom stereocenters. The number of hydrogen-bond acceptors (Lipinski definition) is 1. The molecular weight excluding hydrogens is 184 g/mol. The van der Waals surface area contributed by atoms with Gasteiger partial charge >= 0.3 is 0 Å². The smallest absolute Gasteiger partial charge is 0.218 e. The lowest BCUT2D eigenvalue weighted by molar-refractivity contribution is -0.518. The predicted molar refractivity (Wildman–Crippen MR) is 66.2 cm³/mol. The van der Waals surface area contributed by atoms with E-state index in [1.165, 1.54) is 5.57 Å². The number of allylic oxidation sites excluding steroid dienone is 1. The third-order valence-corrected chi connectivity index (χ3v) is 2.76. The Morgan fingerprint density at radius 3 is 2.07 bits per heavy atom. The molecule has 1 aliphatic heterocycles. The molecule has 0 N–H and O–H groups in total. The fraction of sp³-hybridized carbons (Fsp3) is 0.769. The van der Waals surface area contributed by atoms with Crippen molar-refractivity contribution < 1.29 is 4.58 Å². The van der Waals surface area contributed by atoms with Gasteiger partial charge in [-0.2, -0.15) is 0 Å². The molecule has 0 aromatic rings. The topological polar surface area (TPSA) is 6.25 Å². The lowest BCUT2D eigenvalue weighted by atomic mass is 9.86. The summed E-state index contributed by atoms with van der Waals surface area (Å²) in [4.78, 5) is 2.40. The highest BCUT2D eigenvalue weighted by molar-refractivity contribution is 5.76. The van der Waals surface area contributed by atoms with Crippen molar-refractivity contribution in [1.29, 1.82) is 0 Å². The molecule has 2 heteroatoms. The van der Waals surface area contributed by atoms with Gasteiger partial charge in [0.1, 0.15) is 7.05 Å². The first-order chi connectivity index (χ1) is 6.60. The first-order valence-corrected chi connectivity index (χ1v) is 5.65. The minimum absolute atomic E-state index is 0.193. The van der Waals surface area contributed by atoms with E-state index in [-0.39, 0.29) is 11.0 Å². The van der Waals surface area contributed by atoms with Crippen LogP contribution in [-0.4, -0.2) is 34.9 Å². The maximum Gasteiger partial charge on any atom is 0.218 e. The van der Waals surface area contributed by atoms with Gasteiger partial charge in [-0.15, -0.1) is 0 Å². The third kappa shape index (κ3) is 3.08. The van der Waals surface area contributed by atoms with E-state index in [4.69, 9.17) is 0 Å². The van der Waals surface area contributed by atoms with Gasteiger partial charge in [0.15, 0.2) is 6.21 Å². The van der Waals surface area contributed by atoms with Crippen LogP contribution in [0.25, 0.3) is 0 Å². The molecular formula is C13H25N2+. The zero-order valence-corrected chi connectivity index (χ0v) is 11.3. The molecule has 0 radical (unpaired) electrons. The zero-order chi connectivity index (χ0) is 11.9. The molecule has 1 aliphatic rings. The summed E-state index contributed by atoms with van der Waals surface area (Å²) in [5.41, 5.74) is 1.81. The largest absolute Gasteiger partial charge is 0.318 e. The van der Waals surface area contributed by atoms with Crippen LogP contribution in [0.1, 0.15) is 41.5 Å². The van der Waals surface area contributed by atoms with Gasteiger partial charge in [-0.05, 0) is 26.2 Å². The summed E-state index contributed by atoms with van der Waals surface area (Å²) in [6.07, 6.45) is 4.56. The average molecular weight is 209 g/mol. The molecule has 86 valence electrons. The Bertz CT molecular complexity index is 297. The van der Waals surface area contributed by atoms with Crippen LogP contribution >= 0.6 is 0 Å². The summed E-state index contributed by atoms with van der Waals surface area (Å²) in [6, 6.07) is 0. The average Bonchev–Trinajstić information content (AvgIpc) is 1.99. The maximum atomic E-state index is 2.40. The molecule has 0 spiro atoms. The van der Waals surface area contributed by atoms with Crippen LogP contribution in [0.4, 0.5) is 0 Å². The van der Waals surface area contributed by atoms with Crippen molar-refractivity contribution >= 4 is 6.21 Å². The molecule has 0 amide bonds. The fourth-order valence-corrected chi connectivity index (χ4v) is 1.55. The van der Waals surface area contributed by atoms with E-state index >= 15 is 0 Å². The van der Waals surface area contributed by atoms with Gasteiger partial charge in [-0.1, -0.05) is 20.8 Å². The van der Waals surface area contributed by atoms with E-state index in [9.17, 15) is 0 Å². The molecule has 0 atom stereocenters. The van der Waals surface area contributed by atoms with E-state index in [1.807, 2.05) is 0 Å². The highest BCUT2D eigenvalue weighted by Crippen LogP contribution is 2.27. The van der Waals surface area contributed by atoms with Crippen LogP contribution < -0.4 is 0 Å². The van der Waals surface area contributed by atoms with Crippen LogP contribution in [0.2, 0.25) is 0 Å². The van der Waals surface area contributed by atoms with Gasteiger partial charge < -0.3 is 4.90 Å². The maximum absolute atomic E-state index is 2.40. The molecule has 0 saturated carbocycles.